The van der Waals surface area contributed by atoms with E-state index in [0.29, 0.717) is 0 Å². The van der Waals surface area contributed by atoms with Crippen LogP contribution in [0.3, 0.4) is 0 Å². The number of anilines is 1. The number of aliphatic hydroxyl groups excluding tert-OH is 1. The van der Waals surface area contributed by atoms with Crippen LogP contribution in [0.15, 0.2) is 16.7 Å². The third-order valence-electron chi connectivity index (χ3n) is 3.62. The fraction of sp³-hybridized carbons (Fsp3) is 0.643. The summed E-state index contributed by atoms with van der Waals surface area (Å²) in [6.07, 6.45) is 4.20. The van der Waals surface area contributed by atoms with E-state index in [2.05, 4.69) is 44.8 Å². The molecule has 19 heavy (non-hydrogen) atoms. The van der Waals surface area contributed by atoms with Gasteiger partial charge in [0.25, 0.3) is 0 Å². The molecule has 1 aromatic rings. The summed E-state index contributed by atoms with van der Waals surface area (Å²) in [5.74, 6) is 1.72. The summed E-state index contributed by atoms with van der Waals surface area (Å²) in [7, 11) is 4.26. The van der Waals surface area contributed by atoms with Crippen molar-refractivity contribution in [2.45, 2.75) is 19.4 Å². The second-order valence-corrected chi connectivity index (χ2v) is 6.40. The number of aliphatic hydroxyl groups is 1. The molecular formula is C14H22BrN3O. The highest BCUT2D eigenvalue weighted by Crippen LogP contribution is 2.26. The van der Waals surface area contributed by atoms with Gasteiger partial charge in [0.05, 0.1) is 6.61 Å². The van der Waals surface area contributed by atoms with Crippen LogP contribution in [0.1, 0.15) is 18.4 Å². The molecule has 0 bridgehead atoms. The number of pyridine rings is 1. The van der Waals surface area contributed by atoms with E-state index in [-0.39, 0.29) is 6.61 Å². The monoisotopic (exact) mass is 327 g/mol. The lowest BCUT2D eigenvalue weighted by molar-refractivity contribution is 0.276. The van der Waals surface area contributed by atoms with Gasteiger partial charge in [-0.3, -0.25) is 0 Å². The third kappa shape index (κ3) is 3.91. The van der Waals surface area contributed by atoms with E-state index in [4.69, 9.17) is 0 Å². The molecule has 4 nitrogen and oxygen atoms in total. The standard InChI is InChI=1S/C14H22BrN3O/c1-17(2)9-11-3-5-18(6-4-11)14-12(10-19)7-13(15)8-16-14/h7-8,11,19H,3-6,9-10H2,1-2H3. The van der Waals surface area contributed by atoms with Crippen LogP contribution in [0.5, 0.6) is 0 Å². The minimum Gasteiger partial charge on any atom is -0.392 e. The first-order valence-corrected chi connectivity index (χ1v) is 7.54. The molecule has 1 aromatic heterocycles. The van der Waals surface area contributed by atoms with Crippen LogP contribution in [-0.4, -0.2) is 48.7 Å². The second kappa shape index (κ2) is 6.68. The van der Waals surface area contributed by atoms with Gasteiger partial charge in [-0.05, 0) is 54.9 Å². The Morgan fingerprint density at radius 1 is 1.42 bits per heavy atom. The minimum atomic E-state index is 0.0411. The lowest BCUT2D eigenvalue weighted by Crippen LogP contribution is -2.38. The van der Waals surface area contributed by atoms with Gasteiger partial charge in [0.2, 0.25) is 0 Å². The van der Waals surface area contributed by atoms with Crippen LogP contribution >= 0.6 is 15.9 Å². The average Bonchev–Trinajstić information content (AvgIpc) is 2.39. The summed E-state index contributed by atoms with van der Waals surface area (Å²) in [5.41, 5.74) is 0.903. The molecule has 2 heterocycles. The van der Waals surface area contributed by atoms with Crippen molar-refractivity contribution >= 4 is 21.7 Å². The third-order valence-corrected chi connectivity index (χ3v) is 4.05. The molecule has 0 aliphatic carbocycles. The molecule has 0 amide bonds. The maximum absolute atomic E-state index is 9.45. The Kier molecular flexibility index (Phi) is 5.19. The highest BCUT2D eigenvalue weighted by Gasteiger charge is 2.22. The second-order valence-electron chi connectivity index (χ2n) is 5.49. The van der Waals surface area contributed by atoms with Gasteiger partial charge in [-0.15, -0.1) is 0 Å². The fourth-order valence-electron chi connectivity index (χ4n) is 2.72. The first-order valence-electron chi connectivity index (χ1n) is 6.75. The summed E-state index contributed by atoms with van der Waals surface area (Å²) >= 11 is 3.40. The van der Waals surface area contributed by atoms with Crippen LogP contribution in [0.4, 0.5) is 5.82 Å². The number of piperidine rings is 1. The predicted molar refractivity (Wildman–Crippen MR) is 81.4 cm³/mol. The molecular weight excluding hydrogens is 306 g/mol. The van der Waals surface area contributed by atoms with Crippen LogP contribution in [0.25, 0.3) is 0 Å². The molecule has 5 heteroatoms. The van der Waals surface area contributed by atoms with Gasteiger partial charge in [-0.1, -0.05) is 0 Å². The van der Waals surface area contributed by atoms with Crippen molar-refractivity contribution in [3.8, 4) is 0 Å². The molecule has 1 aliphatic rings. The zero-order chi connectivity index (χ0) is 13.8. The van der Waals surface area contributed by atoms with Gasteiger partial charge in [0.15, 0.2) is 0 Å². The smallest absolute Gasteiger partial charge is 0.134 e. The zero-order valence-electron chi connectivity index (χ0n) is 11.6. The quantitative estimate of drug-likeness (QED) is 0.919. The van der Waals surface area contributed by atoms with Crippen molar-refractivity contribution in [3.63, 3.8) is 0 Å². The van der Waals surface area contributed by atoms with E-state index in [1.54, 1.807) is 6.20 Å². The van der Waals surface area contributed by atoms with E-state index in [9.17, 15) is 5.11 Å². The minimum absolute atomic E-state index is 0.0411. The number of hydrogen-bond acceptors (Lipinski definition) is 4. The largest absolute Gasteiger partial charge is 0.392 e. The average molecular weight is 328 g/mol. The van der Waals surface area contributed by atoms with Crippen molar-refractivity contribution < 1.29 is 5.11 Å². The first kappa shape index (κ1) is 14.8. The van der Waals surface area contributed by atoms with E-state index < -0.39 is 0 Å². The predicted octanol–water partition coefficient (Wildman–Crippen LogP) is 2.11. The summed E-state index contributed by atoms with van der Waals surface area (Å²) in [6, 6.07) is 1.95. The highest BCUT2D eigenvalue weighted by molar-refractivity contribution is 9.10. The number of aromatic nitrogens is 1. The zero-order valence-corrected chi connectivity index (χ0v) is 13.2. The maximum atomic E-state index is 9.45. The molecule has 1 saturated heterocycles. The van der Waals surface area contributed by atoms with Gasteiger partial charge in [-0.2, -0.15) is 0 Å². The van der Waals surface area contributed by atoms with E-state index in [1.165, 1.54) is 12.8 Å². The van der Waals surface area contributed by atoms with E-state index in [0.717, 1.165) is 41.4 Å². The number of hydrogen-bond donors (Lipinski definition) is 1. The summed E-state index contributed by atoms with van der Waals surface area (Å²) < 4.78 is 0.919. The molecule has 1 fully saturated rings. The van der Waals surface area contributed by atoms with E-state index in [1.807, 2.05) is 6.07 Å². The van der Waals surface area contributed by atoms with Crippen LogP contribution < -0.4 is 4.90 Å². The summed E-state index contributed by atoms with van der Waals surface area (Å²) in [4.78, 5) is 9.02. The number of nitrogens with zero attached hydrogens (tertiary/aromatic N) is 3. The molecule has 0 unspecified atom stereocenters. The van der Waals surface area contributed by atoms with Crippen LogP contribution in [0, 0.1) is 5.92 Å². The lowest BCUT2D eigenvalue weighted by atomic mass is 9.96. The highest BCUT2D eigenvalue weighted by atomic mass is 79.9. The molecule has 0 saturated carbocycles. The van der Waals surface area contributed by atoms with Crippen molar-refractivity contribution in [3.05, 3.63) is 22.3 Å². The number of rotatable bonds is 4. The molecule has 0 radical (unpaired) electrons. The Balaban J connectivity index is 2.01. The fourth-order valence-corrected chi connectivity index (χ4v) is 3.10. The number of halogens is 1. The molecule has 0 spiro atoms. The summed E-state index contributed by atoms with van der Waals surface area (Å²) in [5, 5.41) is 9.45. The summed E-state index contributed by atoms with van der Waals surface area (Å²) in [6.45, 7) is 3.26. The van der Waals surface area contributed by atoms with Crippen molar-refractivity contribution in [1.29, 1.82) is 0 Å². The Bertz CT molecular complexity index is 417. The van der Waals surface area contributed by atoms with Gasteiger partial charge in [0, 0.05) is 35.9 Å². The van der Waals surface area contributed by atoms with Gasteiger partial charge in [-0.25, -0.2) is 4.98 Å². The SMILES string of the molecule is CN(C)CC1CCN(c2ncc(Br)cc2CO)CC1. The van der Waals surface area contributed by atoms with Gasteiger partial charge >= 0.3 is 0 Å². The van der Waals surface area contributed by atoms with Crippen molar-refractivity contribution in [2.24, 2.45) is 5.92 Å². The Hall–Kier alpha value is -0.650. The normalized spacial score (nSPS) is 17.2. The lowest BCUT2D eigenvalue weighted by Gasteiger charge is -2.34. The molecule has 1 N–H and O–H groups in total. The van der Waals surface area contributed by atoms with E-state index >= 15 is 0 Å². The Morgan fingerprint density at radius 2 is 2.11 bits per heavy atom. The Labute approximate surface area is 123 Å². The molecule has 1 aliphatic heterocycles. The van der Waals surface area contributed by atoms with Crippen molar-refractivity contribution in [1.82, 2.24) is 9.88 Å². The van der Waals surface area contributed by atoms with Gasteiger partial charge in [0.1, 0.15) is 5.82 Å². The van der Waals surface area contributed by atoms with Gasteiger partial charge < -0.3 is 14.9 Å². The Morgan fingerprint density at radius 3 is 2.68 bits per heavy atom. The molecule has 2 rings (SSSR count). The first-order chi connectivity index (χ1) is 9.10. The van der Waals surface area contributed by atoms with Crippen molar-refractivity contribution in [2.75, 3.05) is 38.6 Å². The molecule has 0 aromatic carbocycles. The molecule has 0 atom stereocenters. The topological polar surface area (TPSA) is 39.6 Å². The van der Waals surface area contributed by atoms with Crippen LogP contribution in [0.2, 0.25) is 0 Å². The van der Waals surface area contributed by atoms with Crippen LogP contribution in [-0.2, 0) is 6.61 Å². The molecule has 106 valence electrons. The maximum Gasteiger partial charge on any atom is 0.134 e.